The van der Waals surface area contributed by atoms with Crippen LogP contribution in [-0.4, -0.2) is 43.9 Å². The Hall–Kier alpha value is -2.25. The number of aryl methyl sites for hydroxylation is 1. The monoisotopic (exact) mass is 373 g/mol. The fraction of sp³-hybridized carbons (Fsp3) is 0.737. The summed E-state index contributed by atoms with van der Waals surface area (Å²) in [4.78, 5) is 38.5. The number of imide groups is 1. The van der Waals surface area contributed by atoms with Crippen LogP contribution in [0.25, 0.3) is 0 Å². The molecule has 0 radical (unpaired) electrons. The molecular weight excluding hydrogens is 346 g/mol. The zero-order valence-electron chi connectivity index (χ0n) is 15.7. The van der Waals surface area contributed by atoms with Crippen LogP contribution in [0.5, 0.6) is 0 Å². The molecule has 8 heteroatoms. The molecular formula is C19H27N5O3. The Morgan fingerprint density at radius 1 is 1.00 bits per heavy atom. The van der Waals surface area contributed by atoms with Crippen LogP contribution >= 0.6 is 0 Å². The molecule has 4 rings (SSSR count). The summed E-state index contributed by atoms with van der Waals surface area (Å²) in [5, 5.41) is 11.3. The van der Waals surface area contributed by atoms with Crippen LogP contribution in [0, 0.1) is 11.8 Å². The van der Waals surface area contributed by atoms with Gasteiger partial charge in [0, 0.05) is 25.9 Å². The van der Waals surface area contributed by atoms with Crippen molar-refractivity contribution in [3.8, 4) is 0 Å². The molecule has 8 nitrogen and oxygen atoms in total. The van der Waals surface area contributed by atoms with E-state index in [-0.39, 0.29) is 42.5 Å². The third kappa shape index (κ3) is 3.61. The zero-order chi connectivity index (χ0) is 18.8. The Morgan fingerprint density at radius 3 is 2.48 bits per heavy atom. The van der Waals surface area contributed by atoms with E-state index >= 15 is 0 Å². The number of hydrogen-bond donors (Lipinski definition) is 1. The lowest BCUT2D eigenvalue weighted by atomic mass is 9.81. The highest BCUT2D eigenvalue weighted by atomic mass is 16.2. The maximum absolute atomic E-state index is 12.5. The van der Waals surface area contributed by atoms with Crippen molar-refractivity contribution in [2.45, 2.75) is 70.9 Å². The number of aromatic nitrogens is 3. The van der Waals surface area contributed by atoms with Gasteiger partial charge in [-0.25, -0.2) is 0 Å². The Balaban J connectivity index is 1.28. The largest absolute Gasteiger partial charge is 0.349 e. The van der Waals surface area contributed by atoms with Crippen LogP contribution in [0.2, 0.25) is 0 Å². The molecule has 1 N–H and O–H groups in total. The Bertz CT molecular complexity index is 720. The highest BCUT2D eigenvalue weighted by Gasteiger charge is 2.47. The number of amides is 3. The molecule has 1 aromatic heterocycles. The summed E-state index contributed by atoms with van der Waals surface area (Å²) in [6.07, 6.45) is 8.12. The highest BCUT2D eigenvalue weighted by Crippen LogP contribution is 2.37. The molecule has 0 aromatic carbocycles. The van der Waals surface area contributed by atoms with Gasteiger partial charge in [-0.15, -0.1) is 10.2 Å². The lowest BCUT2D eigenvalue weighted by molar-refractivity contribution is -0.140. The SMILES string of the molecule is O=C(CCN1C(=O)C2CCCCC2C1=O)NCc1nnc2n1CCCCC2. The van der Waals surface area contributed by atoms with E-state index in [1.54, 1.807) is 0 Å². The number of nitrogens with one attached hydrogen (secondary N) is 1. The summed E-state index contributed by atoms with van der Waals surface area (Å²) in [5.41, 5.74) is 0. The fourth-order valence-corrected chi connectivity index (χ4v) is 4.61. The molecule has 3 amide bonds. The first kappa shape index (κ1) is 18.1. The molecule has 27 heavy (non-hydrogen) atoms. The van der Waals surface area contributed by atoms with Crippen molar-refractivity contribution in [2.24, 2.45) is 11.8 Å². The molecule has 1 saturated heterocycles. The number of fused-ring (bicyclic) bond motifs is 2. The number of nitrogens with zero attached hydrogens (tertiary/aromatic N) is 4. The number of carbonyl (C=O) groups is 3. The van der Waals surface area contributed by atoms with E-state index in [1.165, 1.54) is 11.3 Å². The Kier molecular flexibility index (Phi) is 5.22. The maximum atomic E-state index is 12.5. The van der Waals surface area contributed by atoms with Crippen molar-refractivity contribution in [3.05, 3.63) is 11.6 Å². The van der Waals surface area contributed by atoms with Gasteiger partial charge in [0.25, 0.3) is 0 Å². The number of carbonyl (C=O) groups excluding carboxylic acids is 3. The van der Waals surface area contributed by atoms with Crippen LogP contribution in [-0.2, 0) is 33.9 Å². The molecule has 2 aliphatic heterocycles. The van der Waals surface area contributed by atoms with Crippen LogP contribution in [0.1, 0.15) is 63.0 Å². The summed E-state index contributed by atoms with van der Waals surface area (Å²) < 4.78 is 2.10. The normalized spacial score (nSPS) is 25.1. The van der Waals surface area contributed by atoms with E-state index in [9.17, 15) is 14.4 Å². The van der Waals surface area contributed by atoms with Gasteiger partial charge < -0.3 is 9.88 Å². The first-order valence-corrected chi connectivity index (χ1v) is 10.2. The smallest absolute Gasteiger partial charge is 0.233 e. The molecule has 1 aliphatic carbocycles. The van der Waals surface area contributed by atoms with Gasteiger partial charge in [0.2, 0.25) is 17.7 Å². The predicted octanol–water partition coefficient (Wildman–Crippen LogP) is 1.19. The van der Waals surface area contributed by atoms with Gasteiger partial charge in [0.05, 0.1) is 18.4 Å². The van der Waals surface area contributed by atoms with Crippen molar-refractivity contribution in [2.75, 3.05) is 6.54 Å². The van der Waals surface area contributed by atoms with Crippen molar-refractivity contribution < 1.29 is 14.4 Å². The number of likely N-dealkylation sites (tertiary alicyclic amines) is 1. The Labute approximate surface area is 158 Å². The molecule has 2 atom stereocenters. The van der Waals surface area contributed by atoms with Gasteiger partial charge in [-0.1, -0.05) is 19.3 Å². The van der Waals surface area contributed by atoms with Crippen molar-refractivity contribution in [1.82, 2.24) is 25.0 Å². The molecule has 3 heterocycles. The van der Waals surface area contributed by atoms with Gasteiger partial charge in [0.15, 0.2) is 5.82 Å². The minimum atomic E-state index is -0.170. The zero-order valence-corrected chi connectivity index (χ0v) is 15.7. The quantitative estimate of drug-likeness (QED) is 0.782. The summed E-state index contributed by atoms with van der Waals surface area (Å²) >= 11 is 0. The van der Waals surface area contributed by atoms with E-state index in [0.29, 0.717) is 6.54 Å². The van der Waals surface area contributed by atoms with Crippen molar-refractivity contribution >= 4 is 17.7 Å². The van der Waals surface area contributed by atoms with Gasteiger partial charge >= 0.3 is 0 Å². The maximum Gasteiger partial charge on any atom is 0.233 e. The van der Waals surface area contributed by atoms with Crippen LogP contribution in [0.15, 0.2) is 0 Å². The topological polar surface area (TPSA) is 97.2 Å². The average Bonchev–Trinajstić information content (AvgIpc) is 3.06. The predicted molar refractivity (Wildman–Crippen MR) is 96.2 cm³/mol. The molecule has 2 fully saturated rings. The number of hydrogen-bond acceptors (Lipinski definition) is 5. The minimum Gasteiger partial charge on any atom is -0.349 e. The van der Waals surface area contributed by atoms with Gasteiger partial charge in [-0.3, -0.25) is 19.3 Å². The third-order valence-electron chi connectivity index (χ3n) is 6.12. The van der Waals surface area contributed by atoms with Crippen molar-refractivity contribution in [1.29, 1.82) is 0 Å². The van der Waals surface area contributed by atoms with Gasteiger partial charge in [0.1, 0.15) is 5.82 Å². The van der Waals surface area contributed by atoms with E-state index in [1.807, 2.05) is 0 Å². The molecule has 1 aromatic rings. The van der Waals surface area contributed by atoms with Crippen LogP contribution in [0.4, 0.5) is 0 Å². The average molecular weight is 373 g/mol. The van der Waals surface area contributed by atoms with Gasteiger partial charge in [-0.05, 0) is 25.7 Å². The molecule has 2 unspecified atom stereocenters. The van der Waals surface area contributed by atoms with E-state index in [2.05, 4.69) is 20.1 Å². The Morgan fingerprint density at radius 2 is 1.74 bits per heavy atom. The van der Waals surface area contributed by atoms with Crippen LogP contribution in [0.3, 0.4) is 0 Å². The molecule has 1 saturated carbocycles. The molecule has 146 valence electrons. The molecule has 0 bridgehead atoms. The standard InChI is InChI=1S/C19H27N5O3/c25-17(20-12-16-22-21-15-8-2-1-5-10-23(15)16)9-11-24-18(26)13-6-3-4-7-14(13)19(24)27/h13-14H,1-12H2,(H,20,25). The van der Waals surface area contributed by atoms with Crippen molar-refractivity contribution in [3.63, 3.8) is 0 Å². The summed E-state index contributed by atoms with van der Waals surface area (Å²) in [6.45, 7) is 1.40. The second-order valence-corrected chi connectivity index (χ2v) is 7.85. The highest BCUT2D eigenvalue weighted by molar-refractivity contribution is 6.05. The van der Waals surface area contributed by atoms with E-state index in [0.717, 1.165) is 63.1 Å². The van der Waals surface area contributed by atoms with E-state index < -0.39 is 0 Å². The molecule has 3 aliphatic rings. The lowest BCUT2D eigenvalue weighted by Gasteiger charge is -2.19. The van der Waals surface area contributed by atoms with E-state index in [4.69, 9.17) is 0 Å². The summed E-state index contributed by atoms with van der Waals surface area (Å²) in [7, 11) is 0. The summed E-state index contributed by atoms with van der Waals surface area (Å²) in [6, 6.07) is 0. The second kappa shape index (κ2) is 7.78. The first-order valence-electron chi connectivity index (χ1n) is 10.2. The fourth-order valence-electron chi connectivity index (χ4n) is 4.61. The molecule has 0 spiro atoms. The summed E-state index contributed by atoms with van der Waals surface area (Å²) in [5.74, 6) is 1.13. The third-order valence-corrected chi connectivity index (χ3v) is 6.12. The number of rotatable bonds is 5. The first-order chi connectivity index (χ1) is 13.1. The van der Waals surface area contributed by atoms with Crippen LogP contribution < -0.4 is 5.32 Å². The minimum absolute atomic E-state index is 0.0831. The van der Waals surface area contributed by atoms with Gasteiger partial charge in [-0.2, -0.15) is 0 Å². The lowest BCUT2D eigenvalue weighted by Crippen LogP contribution is -2.35. The second-order valence-electron chi connectivity index (χ2n) is 7.85.